The number of amides is 2. The van der Waals surface area contributed by atoms with E-state index in [1.54, 1.807) is 16.7 Å². The van der Waals surface area contributed by atoms with Crippen molar-refractivity contribution in [3.63, 3.8) is 0 Å². The molecule has 1 aliphatic rings. The Morgan fingerprint density at radius 2 is 1.86 bits per heavy atom. The molecule has 2 amide bonds. The highest BCUT2D eigenvalue weighted by Crippen LogP contribution is 2.11. The van der Waals surface area contributed by atoms with E-state index in [1.807, 2.05) is 13.8 Å². The van der Waals surface area contributed by atoms with Crippen molar-refractivity contribution in [2.45, 2.75) is 26.7 Å². The van der Waals surface area contributed by atoms with Crippen LogP contribution < -0.4 is 0 Å². The predicted octanol–water partition coefficient (Wildman–Crippen LogP) is 0.842. The summed E-state index contributed by atoms with van der Waals surface area (Å²) in [4.78, 5) is 31.3. The van der Waals surface area contributed by atoms with Gasteiger partial charge in [0.2, 0.25) is 5.82 Å². The number of carbonyl (C=O) groups is 2. The molecule has 8 nitrogen and oxygen atoms in total. The average molecular weight is 295 g/mol. The van der Waals surface area contributed by atoms with Gasteiger partial charge in [-0.05, 0) is 6.92 Å². The standard InChI is InChI=1S/C13H21N5O3/c1-4-21-13(20)18-7-5-17(6-8-18)12(19)11-14-10(9(2)3)15-16-11/h9H,4-8H2,1-3H3,(H,14,15,16). The third kappa shape index (κ3) is 3.50. The zero-order valence-corrected chi connectivity index (χ0v) is 12.6. The van der Waals surface area contributed by atoms with Crippen molar-refractivity contribution >= 4 is 12.0 Å². The molecule has 0 bridgehead atoms. The molecule has 8 heteroatoms. The highest BCUT2D eigenvalue weighted by atomic mass is 16.6. The summed E-state index contributed by atoms with van der Waals surface area (Å²) >= 11 is 0. The molecule has 1 aromatic heterocycles. The summed E-state index contributed by atoms with van der Waals surface area (Å²) in [6.45, 7) is 7.94. The molecule has 1 aliphatic heterocycles. The van der Waals surface area contributed by atoms with Gasteiger partial charge in [0.15, 0.2) is 0 Å². The fourth-order valence-corrected chi connectivity index (χ4v) is 2.08. The van der Waals surface area contributed by atoms with Crippen molar-refractivity contribution in [2.75, 3.05) is 32.8 Å². The van der Waals surface area contributed by atoms with Crippen molar-refractivity contribution in [2.24, 2.45) is 0 Å². The molecule has 1 N–H and O–H groups in total. The molecule has 0 atom stereocenters. The Hall–Kier alpha value is -2.12. The summed E-state index contributed by atoms with van der Waals surface area (Å²) in [5.41, 5.74) is 0. The zero-order valence-electron chi connectivity index (χ0n) is 12.6. The fourth-order valence-electron chi connectivity index (χ4n) is 2.08. The van der Waals surface area contributed by atoms with Gasteiger partial charge in [-0.3, -0.25) is 9.89 Å². The largest absolute Gasteiger partial charge is 0.450 e. The minimum Gasteiger partial charge on any atom is -0.450 e. The summed E-state index contributed by atoms with van der Waals surface area (Å²) in [6.07, 6.45) is -0.329. The summed E-state index contributed by atoms with van der Waals surface area (Å²) in [7, 11) is 0. The molecule has 0 saturated carbocycles. The summed E-state index contributed by atoms with van der Waals surface area (Å²) in [5.74, 6) is 0.869. The second-order valence-electron chi connectivity index (χ2n) is 5.18. The van der Waals surface area contributed by atoms with Crippen LogP contribution in [0.2, 0.25) is 0 Å². The van der Waals surface area contributed by atoms with Crippen LogP contribution >= 0.6 is 0 Å². The monoisotopic (exact) mass is 295 g/mol. The molecular weight excluding hydrogens is 274 g/mol. The number of nitrogens with zero attached hydrogens (tertiary/aromatic N) is 4. The molecule has 1 fully saturated rings. The van der Waals surface area contributed by atoms with Gasteiger partial charge in [0.25, 0.3) is 5.91 Å². The van der Waals surface area contributed by atoms with E-state index in [0.29, 0.717) is 38.6 Å². The molecule has 21 heavy (non-hydrogen) atoms. The maximum Gasteiger partial charge on any atom is 0.409 e. The Labute approximate surface area is 123 Å². The van der Waals surface area contributed by atoms with Gasteiger partial charge in [0.1, 0.15) is 5.82 Å². The van der Waals surface area contributed by atoms with E-state index in [2.05, 4.69) is 15.2 Å². The normalized spacial score (nSPS) is 15.4. The number of carbonyl (C=O) groups excluding carboxylic acids is 2. The second kappa shape index (κ2) is 6.55. The van der Waals surface area contributed by atoms with E-state index in [4.69, 9.17) is 4.74 Å². The number of hydrogen-bond donors (Lipinski definition) is 1. The molecule has 0 spiro atoms. The van der Waals surface area contributed by atoms with Gasteiger partial charge in [-0.2, -0.15) is 0 Å². The maximum absolute atomic E-state index is 12.3. The van der Waals surface area contributed by atoms with Crippen LogP contribution in [-0.4, -0.2) is 69.8 Å². The minimum atomic E-state index is -0.329. The second-order valence-corrected chi connectivity index (χ2v) is 5.18. The topological polar surface area (TPSA) is 91.4 Å². The first kappa shape index (κ1) is 15.3. The quantitative estimate of drug-likeness (QED) is 0.892. The molecule has 116 valence electrons. The van der Waals surface area contributed by atoms with Crippen molar-refractivity contribution in [3.05, 3.63) is 11.6 Å². The Morgan fingerprint density at radius 1 is 1.24 bits per heavy atom. The summed E-state index contributed by atoms with van der Waals surface area (Å²) < 4.78 is 4.95. The first-order chi connectivity index (χ1) is 10.0. The van der Waals surface area contributed by atoms with Gasteiger partial charge in [-0.1, -0.05) is 13.8 Å². The van der Waals surface area contributed by atoms with Gasteiger partial charge in [-0.15, -0.1) is 5.10 Å². The van der Waals surface area contributed by atoms with E-state index in [0.717, 1.165) is 0 Å². The molecule has 0 unspecified atom stereocenters. The van der Waals surface area contributed by atoms with Crippen molar-refractivity contribution < 1.29 is 14.3 Å². The van der Waals surface area contributed by atoms with Crippen LogP contribution in [-0.2, 0) is 4.74 Å². The van der Waals surface area contributed by atoms with E-state index in [-0.39, 0.29) is 23.7 Å². The van der Waals surface area contributed by atoms with Gasteiger partial charge in [-0.25, -0.2) is 9.78 Å². The van der Waals surface area contributed by atoms with Crippen molar-refractivity contribution in [1.29, 1.82) is 0 Å². The van der Waals surface area contributed by atoms with Crippen LogP contribution in [0.5, 0.6) is 0 Å². The number of H-pyrrole nitrogens is 1. The summed E-state index contributed by atoms with van der Waals surface area (Å²) in [5, 5.41) is 6.74. The molecule has 2 rings (SSSR count). The number of ether oxygens (including phenoxy) is 1. The highest BCUT2D eigenvalue weighted by molar-refractivity contribution is 5.90. The van der Waals surface area contributed by atoms with E-state index in [9.17, 15) is 9.59 Å². The first-order valence-corrected chi connectivity index (χ1v) is 7.16. The molecule has 0 aliphatic carbocycles. The Balaban J connectivity index is 1.92. The number of hydrogen-bond acceptors (Lipinski definition) is 5. The molecule has 1 aromatic rings. The van der Waals surface area contributed by atoms with Crippen molar-refractivity contribution in [1.82, 2.24) is 25.0 Å². The predicted molar refractivity (Wildman–Crippen MR) is 75.0 cm³/mol. The molecule has 2 heterocycles. The van der Waals surface area contributed by atoms with Crippen LogP contribution in [0, 0.1) is 0 Å². The van der Waals surface area contributed by atoms with Crippen LogP contribution in [0.15, 0.2) is 0 Å². The lowest BCUT2D eigenvalue weighted by Crippen LogP contribution is -2.50. The summed E-state index contributed by atoms with van der Waals surface area (Å²) in [6, 6.07) is 0. The Morgan fingerprint density at radius 3 is 2.38 bits per heavy atom. The SMILES string of the molecule is CCOC(=O)N1CCN(C(=O)c2n[nH]c(C(C)C)n2)CC1. The van der Waals surface area contributed by atoms with Gasteiger partial charge >= 0.3 is 6.09 Å². The number of aromatic nitrogens is 3. The number of rotatable bonds is 3. The van der Waals surface area contributed by atoms with Crippen LogP contribution in [0.1, 0.15) is 43.1 Å². The minimum absolute atomic E-state index is 0.184. The molecular formula is C13H21N5O3. The number of piperazine rings is 1. The fraction of sp³-hybridized carbons (Fsp3) is 0.692. The third-order valence-electron chi connectivity index (χ3n) is 3.33. The zero-order chi connectivity index (χ0) is 15.4. The van der Waals surface area contributed by atoms with Crippen LogP contribution in [0.25, 0.3) is 0 Å². The van der Waals surface area contributed by atoms with Crippen LogP contribution in [0.4, 0.5) is 4.79 Å². The lowest BCUT2D eigenvalue weighted by atomic mass is 10.2. The van der Waals surface area contributed by atoms with E-state index >= 15 is 0 Å². The van der Waals surface area contributed by atoms with E-state index in [1.165, 1.54) is 0 Å². The third-order valence-corrected chi connectivity index (χ3v) is 3.33. The van der Waals surface area contributed by atoms with Gasteiger partial charge in [0.05, 0.1) is 6.61 Å². The van der Waals surface area contributed by atoms with E-state index < -0.39 is 0 Å². The smallest absolute Gasteiger partial charge is 0.409 e. The van der Waals surface area contributed by atoms with Gasteiger partial charge in [0, 0.05) is 32.1 Å². The number of nitrogens with one attached hydrogen (secondary N) is 1. The first-order valence-electron chi connectivity index (χ1n) is 7.16. The maximum atomic E-state index is 12.3. The lowest BCUT2D eigenvalue weighted by molar-refractivity contribution is 0.0561. The number of aromatic amines is 1. The molecule has 0 radical (unpaired) electrons. The highest BCUT2D eigenvalue weighted by Gasteiger charge is 2.27. The average Bonchev–Trinajstić information content (AvgIpc) is 2.97. The van der Waals surface area contributed by atoms with Gasteiger partial charge < -0.3 is 14.5 Å². The lowest BCUT2D eigenvalue weighted by Gasteiger charge is -2.33. The van der Waals surface area contributed by atoms with Crippen LogP contribution in [0.3, 0.4) is 0 Å². The Bertz CT molecular complexity index is 506. The Kier molecular flexibility index (Phi) is 4.77. The van der Waals surface area contributed by atoms with Crippen molar-refractivity contribution in [3.8, 4) is 0 Å². The molecule has 0 aromatic carbocycles. The molecule has 1 saturated heterocycles.